The van der Waals surface area contributed by atoms with Crippen LogP contribution in [-0.2, 0) is 16.8 Å². The van der Waals surface area contributed by atoms with E-state index < -0.39 is 5.41 Å². The summed E-state index contributed by atoms with van der Waals surface area (Å²) in [4.78, 5) is 35.0. The van der Waals surface area contributed by atoms with Gasteiger partial charge in [-0.05, 0) is 50.8 Å². The number of nitrogens with zero attached hydrogens (tertiary/aromatic N) is 6. The largest absolute Gasteiger partial charge is 0.388 e. The van der Waals surface area contributed by atoms with E-state index in [-0.39, 0.29) is 0 Å². The van der Waals surface area contributed by atoms with E-state index in [2.05, 4.69) is 52.1 Å². The summed E-state index contributed by atoms with van der Waals surface area (Å²) in [6.45, 7) is 10.9. The van der Waals surface area contributed by atoms with Crippen molar-refractivity contribution in [3.63, 3.8) is 0 Å². The van der Waals surface area contributed by atoms with Gasteiger partial charge in [-0.25, -0.2) is 24.9 Å². The lowest BCUT2D eigenvalue weighted by atomic mass is 9.76. The van der Waals surface area contributed by atoms with E-state index in [1.165, 1.54) is 0 Å². The molecule has 1 N–H and O–H groups in total. The maximum absolute atomic E-state index is 12.3. The lowest BCUT2D eigenvalue weighted by molar-refractivity contribution is -0.112. The molecular weight excluding hydrogens is 426 g/mol. The Morgan fingerprint density at radius 1 is 1.12 bits per heavy atom. The molecule has 1 atom stereocenters. The number of anilines is 1. The molecule has 0 amide bonds. The van der Waals surface area contributed by atoms with Gasteiger partial charge in [0.1, 0.15) is 35.5 Å². The molecule has 4 rings (SSSR count). The minimum atomic E-state index is -0.623. The first-order chi connectivity index (χ1) is 16.3. The number of carbonyl (C=O) groups is 1. The van der Waals surface area contributed by atoms with Crippen LogP contribution in [0.15, 0.2) is 36.9 Å². The minimum Gasteiger partial charge on any atom is -0.388 e. The minimum absolute atomic E-state index is 0.369. The van der Waals surface area contributed by atoms with Crippen LogP contribution < -0.4 is 5.32 Å². The molecule has 8 heteroatoms. The summed E-state index contributed by atoms with van der Waals surface area (Å²) in [7, 11) is 1.88. The summed E-state index contributed by atoms with van der Waals surface area (Å²) in [5, 5.41) is 3.25. The predicted molar refractivity (Wildman–Crippen MR) is 135 cm³/mol. The average molecular weight is 458 g/mol. The topological polar surface area (TPSA) is 98.5 Å². The van der Waals surface area contributed by atoms with E-state index in [1.807, 2.05) is 37.6 Å². The number of carbonyl (C=O) groups excluding carboxylic acids is 1. The molecule has 4 aromatic rings. The second-order valence-corrected chi connectivity index (χ2v) is 9.24. The fraction of sp³-hybridized carbons (Fsp3) is 0.385. The smallest absolute Gasteiger partial charge is 0.164 e. The van der Waals surface area contributed by atoms with Crippen LogP contribution >= 0.6 is 0 Å². The molecule has 34 heavy (non-hydrogen) atoms. The van der Waals surface area contributed by atoms with Crippen molar-refractivity contribution in [3.8, 4) is 22.6 Å². The maximum atomic E-state index is 12.3. The number of benzene rings is 1. The Morgan fingerprint density at radius 2 is 1.85 bits per heavy atom. The van der Waals surface area contributed by atoms with Gasteiger partial charge in [0.05, 0.1) is 11.0 Å². The molecular formula is C26H31N7O. The van der Waals surface area contributed by atoms with Gasteiger partial charge in [0, 0.05) is 37.2 Å². The van der Waals surface area contributed by atoms with E-state index >= 15 is 0 Å². The number of imidazole rings is 1. The van der Waals surface area contributed by atoms with Crippen molar-refractivity contribution in [2.75, 3.05) is 12.4 Å². The van der Waals surface area contributed by atoms with E-state index in [9.17, 15) is 4.79 Å². The first-order valence-corrected chi connectivity index (χ1v) is 11.6. The third-order valence-corrected chi connectivity index (χ3v) is 6.16. The van der Waals surface area contributed by atoms with Crippen molar-refractivity contribution in [2.24, 2.45) is 5.92 Å². The van der Waals surface area contributed by atoms with Crippen molar-refractivity contribution < 1.29 is 4.79 Å². The number of rotatable bonds is 8. The van der Waals surface area contributed by atoms with E-state index in [0.29, 0.717) is 23.8 Å². The predicted octanol–water partition coefficient (Wildman–Crippen LogP) is 4.82. The molecule has 1 aromatic carbocycles. The van der Waals surface area contributed by atoms with Crippen LogP contribution in [-0.4, -0.2) is 42.8 Å². The third-order valence-electron chi connectivity index (χ3n) is 6.16. The van der Waals surface area contributed by atoms with Gasteiger partial charge in [0.2, 0.25) is 0 Å². The van der Waals surface area contributed by atoms with Crippen LogP contribution in [0.3, 0.4) is 0 Å². The zero-order valence-corrected chi connectivity index (χ0v) is 20.6. The van der Waals surface area contributed by atoms with E-state index in [1.54, 1.807) is 18.7 Å². The first kappa shape index (κ1) is 23.5. The van der Waals surface area contributed by atoms with Gasteiger partial charge in [0.15, 0.2) is 5.65 Å². The van der Waals surface area contributed by atoms with Crippen molar-refractivity contribution in [3.05, 3.63) is 48.3 Å². The van der Waals surface area contributed by atoms with Gasteiger partial charge in [-0.2, -0.15) is 0 Å². The zero-order valence-electron chi connectivity index (χ0n) is 20.6. The molecule has 0 aliphatic rings. The van der Waals surface area contributed by atoms with Crippen LogP contribution in [0.4, 0.5) is 5.69 Å². The number of aryl methyl sites for hydroxylation is 2. The lowest BCUT2D eigenvalue weighted by Crippen LogP contribution is -2.27. The van der Waals surface area contributed by atoms with Crippen molar-refractivity contribution in [2.45, 2.75) is 53.0 Å². The Morgan fingerprint density at radius 3 is 2.47 bits per heavy atom. The van der Waals surface area contributed by atoms with Crippen LogP contribution in [0, 0.1) is 12.8 Å². The van der Waals surface area contributed by atoms with E-state index in [4.69, 9.17) is 4.98 Å². The molecule has 0 spiro atoms. The Kier molecular flexibility index (Phi) is 6.41. The van der Waals surface area contributed by atoms with Gasteiger partial charge in [-0.15, -0.1) is 0 Å². The van der Waals surface area contributed by atoms with Crippen molar-refractivity contribution >= 4 is 23.1 Å². The zero-order chi connectivity index (χ0) is 24.5. The normalized spacial score (nSPS) is 13.3. The Bertz CT molecular complexity index is 1330. The fourth-order valence-electron chi connectivity index (χ4n) is 4.63. The van der Waals surface area contributed by atoms with Crippen molar-refractivity contribution in [1.82, 2.24) is 29.5 Å². The second kappa shape index (κ2) is 9.29. The molecule has 0 radical (unpaired) electrons. The summed E-state index contributed by atoms with van der Waals surface area (Å²) in [6.07, 6.45) is 6.94. The molecule has 0 fully saturated rings. The van der Waals surface area contributed by atoms with Gasteiger partial charge in [0.25, 0.3) is 0 Å². The number of hydrogen-bond donors (Lipinski definition) is 1. The molecule has 0 aliphatic heterocycles. The highest BCUT2D eigenvalue weighted by atomic mass is 16.1. The second-order valence-electron chi connectivity index (χ2n) is 9.24. The number of fused-ring (bicyclic) bond motifs is 1. The average Bonchev–Trinajstić information content (AvgIpc) is 3.22. The Balaban J connectivity index is 1.92. The molecule has 0 bridgehead atoms. The molecule has 0 saturated carbocycles. The number of nitrogens with one attached hydrogen (secondary N) is 1. The third kappa shape index (κ3) is 4.16. The van der Waals surface area contributed by atoms with Crippen LogP contribution in [0.1, 0.15) is 45.5 Å². The summed E-state index contributed by atoms with van der Waals surface area (Å²) in [5.41, 5.74) is 5.17. The number of aldehydes is 1. The summed E-state index contributed by atoms with van der Waals surface area (Å²) in [6, 6.07) is 6.08. The molecule has 1 unspecified atom stereocenters. The highest BCUT2D eigenvalue weighted by Crippen LogP contribution is 2.38. The molecule has 3 heterocycles. The summed E-state index contributed by atoms with van der Waals surface area (Å²) in [5.74, 6) is 1.83. The molecule has 3 aromatic heterocycles. The van der Waals surface area contributed by atoms with Crippen LogP contribution in [0.25, 0.3) is 33.8 Å². The van der Waals surface area contributed by atoms with Gasteiger partial charge < -0.3 is 14.7 Å². The fourth-order valence-corrected chi connectivity index (χ4v) is 4.63. The Labute approximate surface area is 199 Å². The number of hydrogen-bond acceptors (Lipinski definition) is 7. The van der Waals surface area contributed by atoms with Gasteiger partial charge >= 0.3 is 0 Å². The highest BCUT2D eigenvalue weighted by Gasteiger charge is 2.30. The maximum Gasteiger partial charge on any atom is 0.164 e. The van der Waals surface area contributed by atoms with E-state index in [0.717, 1.165) is 52.3 Å². The highest BCUT2D eigenvalue weighted by molar-refractivity contribution is 5.90. The summed E-state index contributed by atoms with van der Waals surface area (Å²) < 4.78 is 2.05. The SMILES string of the molecule is CCn1c(-c2cnc(C)nc2)nc2c(-c3ccc(NC)c(C(C)(C=O)CC(C)C)c3)ncnc21. The molecule has 0 aliphatic carbocycles. The Hall–Kier alpha value is -3.68. The van der Waals surface area contributed by atoms with Crippen molar-refractivity contribution in [1.29, 1.82) is 0 Å². The lowest BCUT2D eigenvalue weighted by Gasteiger charge is -2.28. The standard InChI is InChI=1S/C26H31N7O/c1-7-33-24(19-12-28-17(4)29-13-19)32-23-22(30-15-31-25(23)33)18-8-9-21(27-6)20(10-18)26(5,14-34)11-16(2)3/h8-10,12-16,27H,7,11H2,1-6H3. The van der Waals surface area contributed by atoms with Crippen LogP contribution in [0.5, 0.6) is 0 Å². The molecule has 8 nitrogen and oxygen atoms in total. The van der Waals surface area contributed by atoms with Gasteiger partial charge in [-0.1, -0.05) is 19.9 Å². The van der Waals surface area contributed by atoms with Gasteiger partial charge in [-0.3, -0.25) is 0 Å². The number of aromatic nitrogens is 6. The monoisotopic (exact) mass is 457 g/mol. The molecule has 176 valence electrons. The first-order valence-electron chi connectivity index (χ1n) is 11.6. The molecule has 0 saturated heterocycles. The summed E-state index contributed by atoms with van der Waals surface area (Å²) >= 11 is 0. The van der Waals surface area contributed by atoms with Crippen LogP contribution in [0.2, 0.25) is 0 Å². The quantitative estimate of drug-likeness (QED) is 0.379.